The van der Waals surface area contributed by atoms with Crippen LogP contribution < -0.4 is 10.6 Å². The minimum atomic E-state index is -0.149. The summed E-state index contributed by atoms with van der Waals surface area (Å²) < 4.78 is 0. The minimum absolute atomic E-state index is 0.0312. The highest BCUT2D eigenvalue weighted by Crippen LogP contribution is 2.17. The molecule has 142 valence electrons. The molecule has 1 unspecified atom stereocenters. The summed E-state index contributed by atoms with van der Waals surface area (Å²) in [4.78, 5) is 38.0. The van der Waals surface area contributed by atoms with Gasteiger partial charge in [-0.1, -0.05) is 37.3 Å². The second-order valence-electron chi connectivity index (χ2n) is 6.73. The van der Waals surface area contributed by atoms with Gasteiger partial charge in [-0.15, -0.1) is 0 Å². The van der Waals surface area contributed by atoms with Crippen molar-refractivity contribution < 1.29 is 14.4 Å². The Morgan fingerprint density at radius 2 is 1.85 bits per heavy atom. The molecular weight excluding hydrogens is 330 g/mol. The molecule has 1 fully saturated rings. The zero-order valence-corrected chi connectivity index (χ0v) is 15.5. The molecule has 0 spiro atoms. The molecule has 2 rings (SSSR count). The number of nitrogens with zero attached hydrogens (tertiary/aromatic N) is 1. The first-order valence-corrected chi connectivity index (χ1v) is 9.46. The Balaban J connectivity index is 1.65. The number of hydrogen-bond donors (Lipinski definition) is 2. The quantitative estimate of drug-likeness (QED) is 0.691. The maximum absolute atomic E-state index is 12.3. The molecule has 6 nitrogen and oxygen atoms in total. The fourth-order valence-electron chi connectivity index (χ4n) is 3.17. The van der Waals surface area contributed by atoms with Crippen LogP contribution in [0.1, 0.15) is 38.2 Å². The summed E-state index contributed by atoms with van der Waals surface area (Å²) in [6.45, 7) is 4.04. The highest BCUT2D eigenvalue weighted by atomic mass is 16.2. The van der Waals surface area contributed by atoms with Gasteiger partial charge in [0.1, 0.15) is 0 Å². The number of piperidine rings is 1. The Kier molecular flexibility index (Phi) is 8.12. The lowest BCUT2D eigenvalue weighted by Crippen LogP contribution is -2.46. The fourth-order valence-corrected chi connectivity index (χ4v) is 3.17. The van der Waals surface area contributed by atoms with Crippen molar-refractivity contribution in [3.8, 4) is 0 Å². The van der Waals surface area contributed by atoms with E-state index in [1.807, 2.05) is 37.3 Å². The van der Waals surface area contributed by atoms with Crippen molar-refractivity contribution in [3.63, 3.8) is 0 Å². The van der Waals surface area contributed by atoms with E-state index in [2.05, 4.69) is 10.6 Å². The third-order valence-electron chi connectivity index (χ3n) is 4.56. The van der Waals surface area contributed by atoms with Crippen LogP contribution in [0, 0.1) is 5.92 Å². The van der Waals surface area contributed by atoms with Crippen LogP contribution in [0.3, 0.4) is 0 Å². The van der Waals surface area contributed by atoms with Crippen LogP contribution in [-0.4, -0.2) is 48.8 Å². The predicted molar refractivity (Wildman–Crippen MR) is 100 cm³/mol. The van der Waals surface area contributed by atoms with E-state index >= 15 is 0 Å². The van der Waals surface area contributed by atoms with Crippen LogP contribution >= 0.6 is 0 Å². The molecule has 6 heteroatoms. The lowest BCUT2D eigenvalue weighted by Gasteiger charge is -2.32. The first-order chi connectivity index (χ1) is 12.6. The first-order valence-electron chi connectivity index (χ1n) is 9.46. The van der Waals surface area contributed by atoms with Gasteiger partial charge >= 0.3 is 0 Å². The topological polar surface area (TPSA) is 78.5 Å². The number of amides is 3. The van der Waals surface area contributed by atoms with Gasteiger partial charge < -0.3 is 15.5 Å². The molecule has 0 bridgehead atoms. The number of rotatable bonds is 8. The molecule has 1 saturated heterocycles. The highest BCUT2D eigenvalue weighted by Gasteiger charge is 2.27. The minimum Gasteiger partial charge on any atom is -0.354 e. The van der Waals surface area contributed by atoms with Crippen LogP contribution in [0.5, 0.6) is 0 Å². The van der Waals surface area contributed by atoms with Crippen molar-refractivity contribution in [1.82, 2.24) is 15.5 Å². The SMILES string of the molecule is CCCC(=O)N1CCCC(C(=O)NCCNC(=O)Cc2ccccc2)C1. The van der Waals surface area contributed by atoms with Crippen LogP contribution in [-0.2, 0) is 20.8 Å². The Hall–Kier alpha value is -2.37. The average Bonchev–Trinajstić information content (AvgIpc) is 2.66. The Morgan fingerprint density at radius 3 is 2.58 bits per heavy atom. The van der Waals surface area contributed by atoms with Crippen molar-refractivity contribution >= 4 is 17.7 Å². The molecule has 0 aliphatic carbocycles. The molecule has 0 saturated carbocycles. The predicted octanol–water partition coefficient (Wildman–Crippen LogP) is 1.50. The number of benzene rings is 1. The zero-order chi connectivity index (χ0) is 18.8. The van der Waals surface area contributed by atoms with E-state index in [0.717, 1.165) is 31.4 Å². The van der Waals surface area contributed by atoms with Crippen LogP contribution in [0.4, 0.5) is 0 Å². The van der Waals surface area contributed by atoms with E-state index < -0.39 is 0 Å². The number of hydrogen-bond acceptors (Lipinski definition) is 3. The number of carbonyl (C=O) groups is 3. The van der Waals surface area contributed by atoms with E-state index in [-0.39, 0.29) is 23.6 Å². The van der Waals surface area contributed by atoms with E-state index in [1.54, 1.807) is 4.90 Å². The molecule has 1 aromatic rings. The molecular formula is C20H29N3O3. The molecule has 1 heterocycles. The molecule has 0 radical (unpaired) electrons. The Morgan fingerprint density at radius 1 is 1.12 bits per heavy atom. The van der Waals surface area contributed by atoms with Crippen molar-refractivity contribution in [2.75, 3.05) is 26.2 Å². The Bertz CT molecular complexity index is 604. The summed E-state index contributed by atoms with van der Waals surface area (Å²) in [5.41, 5.74) is 0.966. The number of carbonyl (C=O) groups excluding carboxylic acids is 3. The van der Waals surface area contributed by atoms with Gasteiger partial charge in [0, 0.05) is 32.6 Å². The number of likely N-dealkylation sites (tertiary alicyclic amines) is 1. The normalized spacial score (nSPS) is 16.8. The van der Waals surface area contributed by atoms with Gasteiger partial charge in [-0.3, -0.25) is 14.4 Å². The summed E-state index contributed by atoms with van der Waals surface area (Å²) >= 11 is 0. The smallest absolute Gasteiger partial charge is 0.224 e. The maximum atomic E-state index is 12.3. The van der Waals surface area contributed by atoms with Gasteiger partial charge in [-0.05, 0) is 24.8 Å². The monoisotopic (exact) mass is 359 g/mol. The van der Waals surface area contributed by atoms with Crippen molar-refractivity contribution in [1.29, 1.82) is 0 Å². The van der Waals surface area contributed by atoms with Crippen molar-refractivity contribution in [2.45, 2.75) is 39.0 Å². The summed E-state index contributed by atoms with van der Waals surface area (Å²) in [6.07, 6.45) is 3.38. The van der Waals surface area contributed by atoms with Crippen LogP contribution in [0.15, 0.2) is 30.3 Å². The fraction of sp³-hybridized carbons (Fsp3) is 0.550. The third kappa shape index (κ3) is 6.50. The van der Waals surface area contributed by atoms with Crippen molar-refractivity contribution in [3.05, 3.63) is 35.9 Å². The molecule has 26 heavy (non-hydrogen) atoms. The molecule has 1 aromatic carbocycles. The largest absolute Gasteiger partial charge is 0.354 e. The van der Waals surface area contributed by atoms with Gasteiger partial charge in [-0.2, -0.15) is 0 Å². The standard InChI is InChI=1S/C20H29N3O3/c1-2-7-19(25)23-13-6-10-17(15-23)20(26)22-12-11-21-18(24)14-16-8-4-3-5-9-16/h3-5,8-9,17H,2,6-7,10-15H2,1H3,(H,21,24)(H,22,26). The van der Waals surface area contributed by atoms with Crippen molar-refractivity contribution in [2.24, 2.45) is 5.92 Å². The molecule has 0 aromatic heterocycles. The van der Waals surface area contributed by atoms with Gasteiger partial charge in [0.2, 0.25) is 17.7 Å². The van der Waals surface area contributed by atoms with Crippen LogP contribution in [0.2, 0.25) is 0 Å². The molecule has 2 N–H and O–H groups in total. The van der Waals surface area contributed by atoms with Gasteiger partial charge in [0.05, 0.1) is 12.3 Å². The lowest BCUT2D eigenvalue weighted by molar-refractivity contribution is -0.135. The number of nitrogens with one attached hydrogen (secondary N) is 2. The first kappa shape index (κ1) is 19.9. The Labute approximate surface area is 155 Å². The lowest BCUT2D eigenvalue weighted by atomic mass is 9.97. The van der Waals surface area contributed by atoms with Gasteiger partial charge in [0.15, 0.2) is 0 Å². The summed E-state index contributed by atoms with van der Waals surface area (Å²) in [5, 5.41) is 5.69. The third-order valence-corrected chi connectivity index (χ3v) is 4.56. The molecule has 1 aliphatic heterocycles. The second-order valence-corrected chi connectivity index (χ2v) is 6.73. The van der Waals surface area contributed by atoms with Crippen LogP contribution in [0.25, 0.3) is 0 Å². The zero-order valence-electron chi connectivity index (χ0n) is 15.5. The summed E-state index contributed by atoms with van der Waals surface area (Å²) in [7, 11) is 0. The molecule has 1 atom stereocenters. The van der Waals surface area contributed by atoms with E-state index in [9.17, 15) is 14.4 Å². The second kappa shape index (κ2) is 10.6. The molecule has 1 aliphatic rings. The average molecular weight is 359 g/mol. The highest BCUT2D eigenvalue weighted by molar-refractivity contribution is 5.81. The summed E-state index contributed by atoms with van der Waals surface area (Å²) in [6, 6.07) is 9.55. The molecule has 3 amide bonds. The summed E-state index contributed by atoms with van der Waals surface area (Å²) in [5.74, 6) is -0.0986. The maximum Gasteiger partial charge on any atom is 0.224 e. The van der Waals surface area contributed by atoms with E-state index in [4.69, 9.17) is 0 Å². The van der Waals surface area contributed by atoms with E-state index in [1.165, 1.54) is 0 Å². The van der Waals surface area contributed by atoms with Gasteiger partial charge in [0.25, 0.3) is 0 Å². The van der Waals surface area contributed by atoms with Gasteiger partial charge in [-0.25, -0.2) is 0 Å². The van der Waals surface area contributed by atoms with E-state index in [0.29, 0.717) is 32.5 Å².